The van der Waals surface area contributed by atoms with Gasteiger partial charge in [0, 0.05) is 12.0 Å². The predicted octanol–water partition coefficient (Wildman–Crippen LogP) is 1.23. The third kappa shape index (κ3) is 3.30. The molecule has 1 aliphatic heterocycles. The van der Waals surface area contributed by atoms with E-state index in [1.165, 1.54) is 6.20 Å². The van der Waals surface area contributed by atoms with Crippen LogP contribution in [0.2, 0.25) is 0 Å². The van der Waals surface area contributed by atoms with Crippen LogP contribution in [0.5, 0.6) is 5.88 Å². The van der Waals surface area contributed by atoms with Crippen molar-refractivity contribution in [1.29, 1.82) is 0 Å². The molecule has 1 saturated heterocycles. The molecular weight excluding hydrogens is 234 g/mol. The Bertz CT molecular complexity index is 411. The fraction of sp³-hybridized carbons (Fsp3) is 0.667. The molecule has 0 bridgehead atoms. The third-order valence-electron chi connectivity index (χ3n) is 2.81. The van der Waals surface area contributed by atoms with Gasteiger partial charge in [0.15, 0.2) is 5.79 Å². The van der Waals surface area contributed by atoms with Gasteiger partial charge in [-0.15, -0.1) is 5.10 Å². The molecule has 1 unspecified atom stereocenters. The van der Waals surface area contributed by atoms with Gasteiger partial charge in [-0.1, -0.05) is 6.92 Å². The van der Waals surface area contributed by atoms with Crippen molar-refractivity contribution in [3.8, 4) is 5.88 Å². The molecule has 1 aromatic rings. The highest BCUT2D eigenvalue weighted by atomic mass is 16.7. The first-order chi connectivity index (χ1) is 8.46. The molecule has 1 aromatic heterocycles. The van der Waals surface area contributed by atoms with Gasteiger partial charge in [-0.2, -0.15) is 5.10 Å². The van der Waals surface area contributed by atoms with Crippen LogP contribution in [-0.4, -0.2) is 35.3 Å². The molecule has 1 aliphatic rings. The molecule has 1 fully saturated rings. The van der Waals surface area contributed by atoms with Crippen LogP contribution in [0.4, 0.5) is 5.69 Å². The maximum Gasteiger partial charge on any atom is 0.235 e. The highest BCUT2D eigenvalue weighted by Gasteiger charge is 2.35. The molecule has 18 heavy (non-hydrogen) atoms. The summed E-state index contributed by atoms with van der Waals surface area (Å²) >= 11 is 0. The van der Waals surface area contributed by atoms with Crippen molar-refractivity contribution >= 4 is 5.69 Å². The summed E-state index contributed by atoms with van der Waals surface area (Å²) in [4.78, 5) is 0. The Kier molecular flexibility index (Phi) is 3.68. The first-order valence-electron chi connectivity index (χ1n) is 5.99. The van der Waals surface area contributed by atoms with Crippen LogP contribution >= 0.6 is 0 Å². The highest BCUT2D eigenvalue weighted by molar-refractivity contribution is 5.36. The number of nitrogens with zero attached hydrogens (tertiary/aromatic N) is 2. The summed E-state index contributed by atoms with van der Waals surface area (Å²) in [5.74, 6) is 0.130. The zero-order chi connectivity index (χ0) is 13.2. The second-order valence-electron chi connectivity index (χ2n) is 4.98. The molecular formula is C12H19N3O3. The van der Waals surface area contributed by atoms with Crippen LogP contribution in [0.15, 0.2) is 12.3 Å². The summed E-state index contributed by atoms with van der Waals surface area (Å²) in [6.07, 6.45) is 1.52. The molecule has 2 N–H and O–H groups in total. The van der Waals surface area contributed by atoms with E-state index in [9.17, 15) is 0 Å². The van der Waals surface area contributed by atoms with Crippen molar-refractivity contribution in [2.75, 3.05) is 18.9 Å². The summed E-state index contributed by atoms with van der Waals surface area (Å²) in [7, 11) is 0. The normalized spacial score (nSPS) is 23.8. The average Bonchev–Trinajstić information content (AvgIpc) is 2.67. The second-order valence-corrected chi connectivity index (χ2v) is 4.98. The molecule has 0 aliphatic carbocycles. The summed E-state index contributed by atoms with van der Waals surface area (Å²) in [5, 5.41) is 7.57. The quantitative estimate of drug-likeness (QED) is 0.869. The Morgan fingerprint density at radius 1 is 1.61 bits per heavy atom. The van der Waals surface area contributed by atoms with Gasteiger partial charge in [0.1, 0.15) is 0 Å². The van der Waals surface area contributed by atoms with Crippen molar-refractivity contribution in [3.05, 3.63) is 12.3 Å². The summed E-state index contributed by atoms with van der Waals surface area (Å²) in [6, 6.07) is 1.65. The lowest BCUT2D eigenvalue weighted by Gasteiger charge is -2.21. The smallest absolute Gasteiger partial charge is 0.235 e. The number of ether oxygens (including phenoxy) is 3. The van der Waals surface area contributed by atoms with E-state index in [0.717, 1.165) is 0 Å². The van der Waals surface area contributed by atoms with Crippen molar-refractivity contribution in [2.45, 2.75) is 32.7 Å². The zero-order valence-corrected chi connectivity index (χ0v) is 10.9. The van der Waals surface area contributed by atoms with Gasteiger partial charge in [0.25, 0.3) is 0 Å². The molecule has 2 heterocycles. The van der Waals surface area contributed by atoms with E-state index >= 15 is 0 Å². The molecule has 100 valence electrons. The van der Waals surface area contributed by atoms with Gasteiger partial charge in [0.05, 0.1) is 31.2 Å². The van der Waals surface area contributed by atoms with Gasteiger partial charge < -0.3 is 19.9 Å². The summed E-state index contributed by atoms with van der Waals surface area (Å²) in [6.45, 7) is 6.94. The van der Waals surface area contributed by atoms with E-state index in [-0.39, 0.29) is 12.0 Å². The average molecular weight is 253 g/mol. The van der Waals surface area contributed by atoms with E-state index in [1.807, 2.05) is 13.8 Å². The predicted molar refractivity (Wildman–Crippen MR) is 66.0 cm³/mol. The molecule has 0 spiro atoms. The van der Waals surface area contributed by atoms with Gasteiger partial charge >= 0.3 is 0 Å². The number of aromatic nitrogens is 2. The van der Waals surface area contributed by atoms with Crippen molar-refractivity contribution in [3.63, 3.8) is 0 Å². The fourth-order valence-corrected chi connectivity index (χ4v) is 1.75. The highest BCUT2D eigenvalue weighted by Crippen LogP contribution is 2.26. The first kappa shape index (κ1) is 13.0. The topological polar surface area (TPSA) is 79.5 Å². The van der Waals surface area contributed by atoms with E-state index in [0.29, 0.717) is 24.8 Å². The van der Waals surface area contributed by atoms with Crippen molar-refractivity contribution in [2.24, 2.45) is 5.92 Å². The van der Waals surface area contributed by atoms with E-state index < -0.39 is 5.79 Å². The minimum absolute atomic E-state index is 0.0361. The maximum atomic E-state index is 5.76. The van der Waals surface area contributed by atoms with E-state index in [2.05, 4.69) is 17.1 Å². The van der Waals surface area contributed by atoms with Gasteiger partial charge in [0.2, 0.25) is 5.88 Å². The molecule has 6 nitrogen and oxygen atoms in total. The number of hydrogen-bond acceptors (Lipinski definition) is 6. The Balaban J connectivity index is 1.84. The molecule has 0 radical (unpaired) electrons. The SMILES string of the molecule is CC(COc1cc(N)cnn1)[C@@H]1COC(C)(C)O1. The molecule has 0 aromatic carbocycles. The van der Waals surface area contributed by atoms with Crippen molar-refractivity contribution in [1.82, 2.24) is 10.2 Å². The molecule has 6 heteroatoms. The molecule has 2 rings (SSSR count). The summed E-state index contributed by atoms with van der Waals surface area (Å²) < 4.78 is 16.8. The van der Waals surface area contributed by atoms with Crippen LogP contribution in [0, 0.1) is 5.92 Å². The minimum atomic E-state index is -0.504. The Hall–Kier alpha value is -1.40. The van der Waals surface area contributed by atoms with Crippen molar-refractivity contribution < 1.29 is 14.2 Å². The Morgan fingerprint density at radius 2 is 2.39 bits per heavy atom. The number of hydrogen-bond donors (Lipinski definition) is 1. The zero-order valence-electron chi connectivity index (χ0n) is 10.9. The standard InChI is InChI=1S/C12H19N3O3/c1-8(10-7-17-12(2,3)18-10)6-16-11-4-9(13)5-14-15-11/h4-5,8,10H,6-7H2,1-3H3,(H2,13,15)/t8?,10-/m0/s1. The van der Waals surface area contributed by atoms with Gasteiger partial charge in [-0.25, -0.2) is 0 Å². The number of anilines is 1. The maximum absolute atomic E-state index is 5.76. The second kappa shape index (κ2) is 5.07. The van der Waals surface area contributed by atoms with E-state index in [1.54, 1.807) is 6.07 Å². The Labute approximate surface area is 106 Å². The number of nitrogen functional groups attached to an aromatic ring is 1. The van der Waals surface area contributed by atoms with Crippen LogP contribution in [-0.2, 0) is 9.47 Å². The van der Waals surface area contributed by atoms with Crippen LogP contribution < -0.4 is 10.5 Å². The van der Waals surface area contributed by atoms with Crippen LogP contribution in [0.25, 0.3) is 0 Å². The van der Waals surface area contributed by atoms with E-state index in [4.69, 9.17) is 19.9 Å². The molecule has 2 atom stereocenters. The largest absolute Gasteiger partial charge is 0.476 e. The lowest BCUT2D eigenvalue weighted by molar-refractivity contribution is -0.144. The fourth-order valence-electron chi connectivity index (χ4n) is 1.75. The Morgan fingerprint density at radius 3 is 3.00 bits per heavy atom. The lowest BCUT2D eigenvalue weighted by atomic mass is 10.1. The number of nitrogens with two attached hydrogens (primary N) is 1. The molecule has 0 saturated carbocycles. The minimum Gasteiger partial charge on any atom is -0.476 e. The van der Waals surface area contributed by atoms with Crippen LogP contribution in [0.3, 0.4) is 0 Å². The number of rotatable bonds is 4. The summed E-state index contributed by atoms with van der Waals surface area (Å²) in [5.41, 5.74) is 6.13. The van der Waals surface area contributed by atoms with Crippen LogP contribution in [0.1, 0.15) is 20.8 Å². The first-order valence-corrected chi connectivity index (χ1v) is 5.99. The van der Waals surface area contributed by atoms with Gasteiger partial charge in [-0.3, -0.25) is 0 Å². The van der Waals surface area contributed by atoms with Gasteiger partial charge in [-0.05, 0) is 13.8 Å². The third-order valence-corrected chi connectivity index (χ3v) is 2.81. The molecule has 0 amide bonds. The monoisotopic (exact) mass is 253 g/mol. The lowest BCUT2D eigenvalue weighted by Crippen LogP contribution is -2.28.